The molecule has 0 aliphatic rings. The lowest BCUT2D eigenvalue weighted by Gasteiger charge is -2.17. The van der Waals surface area contributed by atoms with Crippen molar-refractivity contribution in [3.8, 4) is 23.1 Å². The van der Waals surface area contributed by atoms with E-state index in [2.05, 4.69) is 19.6 Å². The van der Waals surface area contributed by atoms with Gasteiger partial charge in [0.1, 0.15) is 17.1 Å². The number of carbonyl (C=O) groups is 1. The fourth-order valence-electron chi connectivity index (χ4n) is 3.95. The molecule has 1 aromatic carbocycles. The van der Waals surface area contributed by atoms with E-state index in [1.165, 1.54) is 47.6 Å². The fourth-order valence-corrected chi connectivity index (χ4v) is 4.85. The first-order valence-corrected chi connectivity index (χ1v) is 13.5. The number of amides is 1. The highest BCUT2D eigenvalue weighted by Crippen LogP contribution is 2.31. The molecular weight excluding hydrogens is 545 g/mol. The standard InChI is InChI=1S/C27H21F3N6O3S/c1-17-24(19-10-12-32-22(13-19)27(28,29)30)25(37)21(15-36(17)23-5-3-4-11-33-23)26(38)34-14-18-6-8-20(9-7-18)40(2,39)35-16-31/h3-13,15H,14H2,1-2H3,(H,34,38). The van der Waals surface area contributed by atoms with Crippen LogP contribution in [0.1, 0.15) is 27.3 Å². The van der Waals surface area contributed by atoms with Crippen molar-refractivity contribution in [2.45, 2.75) is 24.5 Å². The number of halogens is 3. The van der Waals surface area contributed by atoms with Crippen molar-refractivity contribution in [1.29, 1.82) is 5.26 Å². The third-order valence-electron chi connectivity index (χ3n) is 5.96. The molecule has 40 heavy (non-hydrogen) atoms. The van der Waals surface area contributed by atoms with Crippen LogP contribution in [0, 0.1) is 18.4 Å². The number of carbonyl (C=O) groups excluding carboxylic acids is 1. The Labute approximate surface area is 227 Å². The van der Waals surface area contributed by atoms with Gasteiger partial charge in [-0.2, -0.15) is 18.4 Å². The van der Waals surface area contributed by atoms with Gasteiger partial charge in [-0.25, -0.2) is 9.19 Å². The maximum atomic E-state index is 13.5. The summed E-state index contributed by atoms with van der Waals surface area (Å²) in [6.45, 7) is 1.53. The van der Waals surface area contributed by atoms with Gasteiger partial charge in [0, 0.05) is 47.5 Å². The predicted molar refractivity (Wildman–Crippen MR) is 141 cm³/mol. The minimum Gasteiger partial charge on any atom is -0.348 e. The molecule has 3 heterocycles. The molecule has 0 bridgehead atoms. The lowest BCUT2D eigenvalue weighted by Crippen LogP contribution is -2.31. The van der Waals surface area contributed by atoms with E-state index in [1.54, 1.807) is 37.3 Å². The molecule has 1 amide bonds. The van der Waals surface area contributed by atoms with E-state index < -0.39 is 32.9 Å². The maximum absolute atomic E-state index is 13.5. The summed E-state index contributed by atoms with van der Waals surface area (Å²) in [5.41, 5.74) is -1.52. The van der Waals surface area contributed by atoms with Crippen LogP contribution in [0.5, 0.6) is 0 Å². The summed E-state index contributed by atoms with van der Waals surface area (Å²) in [5.74, 6) is -0.411. The third-order valence-corrected chi connectivity index (χ3v) is 7.54. The molecular formula is C27H21F3N6O3S. The second kappa shape index (κ2) is 11.1. The van der Waals surface area contributed by atoms with Crippen molar-refractivity contribution in [3.63, 3.8) is 0 Å². The number of nitriles is 1. The molecule has 4 aromatic rings. The van der Waals surface area contributed by atoms with Crippen molar-refractivity contribution >= 4 is 15.6 Å². The van der Waals surface area contributed by atoms with Gasteiger partial charge < -0.3 is 9.88 Å². The van der Waals surface area contributed by atoms with Crippen LogP contribution >= 0.6 is 0 Å². The van der Waals surface area contributed by atoms with Crippen LogP contribution in [-0.2, 0) is 22.5 Å². The number of pyridine rings is 3. The summed E-state index contributed by atoms with van der Waals surface area (Å²) in [7, 11) is -2.88. The Hall–Kier alpha value is -4.83. The van der Waals surface area contributed by atoms with E-state index in [1.807, 2.05) is 0 Å². The van der Waals surface area contributed by atoms with Crippen LogP contribution < -0.4 is 10.7 Å². The zero-order valence-electron chi connectivity index (χ0n) is 21.1. The lowest BCUT2D eigenvalue weighted by atomic mass is 10.0. The molecule has 1 atom stereocenters. The number of benzene rings is 1. The van der Waals surface area contributed by atoms with Gasteiger partial charge in [-0.15, -0.1) is 4.36 Å². The normalized spacial score (nSPS) is 12.7. The van der Waals surface area contributed by atoms with Crippen LogP contribution in [0.3, 0.4) is 0 Å². The monoisotopic (exact) mass is 566 g/mol. The molecule has 0 aliphatic heterocycles. The van der Waals surface area contributed by atoms with Gasteiger partial charge in [0.25, 0.3) is 5.91 Å². The van der Waals surface area contributed by atoms with E-state index in [4.69, 9.17) is 5.26 Å². The minimum absolute atomic E-state index is 0.0148. The first-order valence-electron chi connectivity index (χ1n) is 11.6. The molecule has 0 fully saturated rings. The van der Waals surface area contributed by atoms with Gasteiger partial charge >= 0.3 is 6.18 Å². The zero-order valence-corrected chi connectivity index (χ0v) is 22.0. The van der Waals surface area contributed by atoms with Crippen molar-refractivity contribution in [1.82, 2.24) is 19.9 Å². The molecule has 1 unspecified atom stereocenters. The Bertz CT molecular complexity index is 1800. The summed E-state index contributed by atoms with van der Waals surface area (Å²) in [5, 5.41) is 11.4. The highest BCUT2D eigenvalue weighted by Gasteiger charge is 2.33. The molecule has 4 rings (SSSR count). The van der Waals surface area contributed by atoms with Gasteiger partial charge in [0.15, 0.2) is 0 Å². The van der Waals surface area contributed by atoms with Crippen molar-refractivity contribution in [3.05, 3.63) is 106 Å². The number of rotatable bonds is 6. The molecule has 9 nitrogen and oxygen atoms in total. The lowest BCUT2D eigenvalue weighted by molar-refractivity contribution is -0.141. The first kappa shape index (κ1) is 28.2. The van der Waals surface area contributed by atoms with Crippen LogP contribution in [0.25, 0.3) is 16.9 Å². The molecule has 13 heteroatoms. The van der Waals surface area contributed by atoms with E-state index in [-0.39, 0.29) is 28.9 Å². The fraction of sp³-hybridized carbons (Fsp3) is 0.148. The molecule has 1 N–H and O–H groups in total. The van der Waals surface area contributed by atoms with Gasteiger partial charge in [0.2, 0.25) is 11.6 Å². The number of hydrogen-bond acceptors (Lipinski definition) is 7. The number of nitrogens with one attached hydrogen (secondary N) is 1. The average Bonchev–Trinajstić information content (AvgIpc) is 2.92. The van der Waals surface area contributed by atoms with E-state index >= 15 is 0 Å². The molecule has 0 spiro atoms. The second-order valence-electron chi connectivity index (χ2n) is 8.64. The average molecular weight is 567 g/mol. The van der Waals surface area contributed by atoms with E-state index in [9.17, 15) is 27.0 Å². The highest BCUT2D eigenvalue weighted by molar-refractivity contribution is 7.93. The van der Waals surface area contributed by atoms with E-state index in [0.717, 1.165) is 12.3 Å². The van der Waals surface area contributed by atoms with Crippen LogP contribution in [0.15, 0.2) is 87.2 Å². The number of nitrogens with zero attached hydrogens (tertiary/aromatic N) is 5. The topological polar surface area (TPSA) is 130 Å². The summed E-state index contributed by atoms with van der Waals surface area (Å²) in [6.07, 6.45) is 1.88. The Balaban J connectivity index is 1.75. The van der Waals surface area contributed by atoms with Gasteiger partial charge in [-0.05, 0) is 54.4 Å². The summed E-state index contributed by atoms with van der Waals surface area (Å²) < 4.78 is 57.4. The van der Waals surface area contributed by atoms with Crippen molar-refractivity contribution < 1.29 is 22.2 Å². The van der Waals surface area contributed by atoms with Gasteiger partial charge in [0.05, 0.1) is 9.73 Å². The Morgan fingerprint density at radius 2 is 1.85 bits per heavy atom. The zero-order chi connectivity index (χ0) is 29.1. The summed E-state index contributed by atoms with van der Waals surface area (Å²) >= 11 is 0. The molecule has 0 saturated carbocycles. The van der Waals surface area contributed by atoms with Crippen LogP contribution in [0.2, 0.25) is 0 Å². The van der Waals surface area contributed by atoms with Gasteiger partial charge in [-0.1, -0.05) is 18.2 Å². The van der Waals surface area contributed by atoms with Crippen LogP contribution in [0.4, 0.5) is 13.2 Å². The number of alkyl halides is 3. The Morgan fingerprint density at radius 3 is 2.48 bits per heavy atom. The SMILES string of the molecule is Cc1c(-c2ccnc(C(F)(F)F)c2)c(=O)c(C(=O)NCc2ccc(S(C)(=O)=NC#N)cc2)cn1-c1ccccn1. The molecule has 3 aromatic heterocycles. The number of hydrogen-bond donors (Lipinski definition) is 1. The second-order valence-corrected chi connectivity index (χ2v) is 10.9. The van der Waals surface area contributed by atoms with Gasteiger partial charge in [-0.3, -0.25) is 14.6 Å². The quantitative estimate of drug-likeness (QED) is 0.342. The molecule has 0 aliphatic carbocycles. The van der Waals surface area contributed by atoms with E-state index in [0.29, 0.717) is 16.3 Å². The van der Waals surface area contributed by atoms with Crippen molar-refractivity contribution in [2.24, 2.45) is 4.36 Å². The summed E-state index contributed by atoms with van der Waals surface area (Å²) in [4.78, 5) is 34.7. The predicted octanol–water partition coefficient (Wildman–Crippen LogP) is 4.49. The smallest absolute Gasteiger partial charge is 0.348 e. The first-order chi connectivity index (χ1) is 18.9. The summed E-state index contributed by atoms with van der Waals surface area (Å²) in [6, 6.07) is 13.2. The minimum atomic E-state index is -4.73. The Kier molecular flexibility index (Phi) is 7.83. The van der Waals surface area contributed by atoms with Crippen molar-refractivity contribution in [2.75, 3.05) is 6.26 Å². The Morgan fingerprint density at radius 1 is 1.12 bits per heavy atom. The third kappa shape index (κ3) is 5.92. The molecule has 0 saturated heterocycles. The van der Waals surface area contributed by atoms with Crippen LogP contribution in [-0.4, -0.2) is 30.9 Å². The highest BCUT2D eigenvalue weighted by atomic mass is 32.2. The largest absolute Gasteiger partial charge is 0.433 e. The maximum Gasteiger partial charge on any atom is 0.433 e. The molecule has 0 radical (unpaired) electrons. The number of aromatic nitrogens is 3. The molecule has 204 valence electrons.